The van der Waals surface area contributed by atoms with Gasteiger partial charge in [-0.15, -0.1) is 0 Å². The van der Waals surface area contributed by atoms with E-state index in [0.29, 0.717) is 35.2 Å². The Morgan fingerprint density at radius 1 is 1.18 bits per heavy atom. The van der Waals surface area contributed by atoms with Gasteiger partial charge < -0.3 is 10.2 Å². The van der Waals surface area contributed by atoms with Gasteiger partial charge in [0, 0.05) is 30.2 Å². The third kappa shape index (κ3) is 5.13. The molecule has 1 aliphatic rings. The van der Waals surface area contributed by atoms with Crippen LogP contribution in [0.1, 0.15) is 26.2 Å². The quantitative estimate of drug-likeness (QED) is 0.506. The summed E-state index contributed by atoms with van der Waals surface area (Å²) in [5.41, 5.74) is 1.29. The molecule has 0 atom stereocenters. The second-order valence-electron chi connectivity index (χ2n) is 8.78. The molecule has 182 valence electrons. The number of pyridine rings is 1. The first kappa shape index (κ1) is 24.3. The van der Waals surface area contributed by atoms with Crippen molar-refractivity contribution in [2.45, 2.75) is 37.6 Å². The zero-order valence-corrected chi connectivity index (χ0v) is 20.7. The number of aryl methyl sites for hydroxylation is 1. The molecule has 1 aliphatic heterocycles. The average molecular weight is 485 g/mol. The molecule has 0 bridgehead atoms. The van der Waals surface area contributed by atoms with E-state index in [-0.39, 0.29) is 10.5 Å². The lowest BCUT2D eigenvalue weighted by Gasteiger charge is -2.28. The van der Waals surface area contributed by atoms with Crippen molar-refractivity contribution in [1.29, 1.82) is 0 Å². The predicted molar refractivity (Wildman–Crippen MR) is 134 cm³/mol. The number of hydrogen-bond acceptors (Lipinski definition) is 7. The molecule has 0 unspecified atom stereocenters. The van der Waals surface area contributed by atoms with E-state index in [1.807, 2.05) is 6.92 Å². The Morgan fingerprint density at radius 2 is 1.94 bits per heavy atom. The molecule has 10 heteroatoms. The molecule has 0 amide bonds. The van der Waals surface area contributed by atoms with Gasteiger partial charge in [0.2, 0.25) is 16.0 Å². The molecular formula is C24H32N6O3S. The average Bonchev–Trinajstić information content (AvgIpc) is 2.85. The van der Waals surface area contributed by atoms with Gasteiger partial charge in [-0.2, -0.15) is 4.98 Å². The van der Waals surface area contributed by atoms with Crippen LogP contribution in [0.25, 0.3) is 22.2 Å². The molecule has 0 saturated carbocycles. The molecule has 4 rings (SSSR count). The molecular weight excluding hydrogens is 452 g/mol. The topological polar surface area (TPSA) is 109 Å². The molecule has 0 spiro atoms. The molecule has 1 aromatic carbocycles. The SMILES string of the molecule is CCn1c(=O)c(-c2cccc(S(=O)(=O)NC)c2)cc2cnc(NCCC3CCN(C)CC3)nc21. The Hall–Kier alpha value is -2.82. The predicted octanol–water partition coefficient (Wildman–Crippen LogP) is 2.53. The normalized spacial score (nSPS) is 15.6. The maximum Gasteiger partial charge on any atom is 0.260 e. The van der Waals surface area contributed by atoms with Gasteiger partial charge in [0.1, 0.15) is 5.65 Å². The van der Waals surface area contributed by atoms with Crippen LogP contribution in [0.4, 0.5) is 5.95 Å². The number of hydrogen-bond donors (Lipinski definition) is 2. The number of sulfonamides is 1. The van der Waals surface area contributed by atoms with Crippen molar-refractivity contribution in [3.05, 3.63) is 46.9 Å². The van der Waals surface area contributed by atoms with Crippen molar-refractivity contribution >= 4 is 27.0 Å². The van der Waals surface area contributed by atoms with Crippen LogP contribution in [0.15, 0.2) is 46.2 Å². The van der Waals surface area contributed by atoms with E-state index >= 15 is 0 Å². The monoisotopic (exact) mass is 484 g/mol. The van der Waals surface area contributed by atoms with Crippen LogP contribution >= 0.6 is 0 Å². The Labute approximate surface area is 200 Å². The molecule has 3 aromatic rings. The first-order chi connectivity index (χ1) is 16.3. The maximum atomic E-state index is 13.3. The lowest BCUT2D eigenvalue weighted by Crippen LogP contribution is -2.31. The molecule has 0 radical (unpaired) electrons. The lowest BCUT2D eigenvalue weighted by molar-refractivity contribution is 0.215. The third-order valence-corrected chi connectivity index (χ3v) is 7.95. The fourth-order valence-corrected chi connectivity index (χ4v) is 5.21. The van der Waals surface area contributed by atoms with Gasteiger partial charge >= 0.3 is 0 Å². The second kappa shape index (κ2) is 10.2. The highest BCUT2D eigenvalue weighted by Gasteiger charge is 2.18. The first-order valence-electron chi connectivity index (χ1n) is 11.7. The highest BCUT2D eigenvalue weighted by atomic mass is 32.2. The smallest absolute Gasteiger partial charge is 0.260 e. The van der Waals surface area contributed by atoms with Gasteiger partial charge in [-0.1, -0.05) is 12.1 Å². The van der Waals surface area contributed by atoms with Gasteiger partial charge in [0.25, 0.3) is 5.56 Å². The number of anilines is 1. The fourth-order valence-electron chi connectivity index (χ4n) is 4.43. The van der Waals surface area contributed by atoms with E-state index < -0.39 is 10.0 Å². The first-order valence-corrected chi connectivity index (χ1v) is 13.2. The summed E-state index contributed by atoms with van der Waals surface area (Å²) in [6, 6.07) is 8.11. The van der Waals surface area contributed by atoms with Gasteiger partial charge in [-0.3, -0.25) is 9.36 Å². The maximum absolute atomic E-state index is 13.3. The van der Waals surface area contributed by atoms with Gasteiger partial charge in [-0.25, -0.2) is 18.1 Å². The number of piperidine rings is 1. The molecule has 3 heterocycles. The molecule has 2 N–H and O–H groups in total. The minimum absolute atomic E-state index is 0.107. The van der Waals surface area contributed by atoms with Crippen LogP contribution < -0.4 is 15.6 Å². The zero-order valence-electron chi connectivity index (χ0n) is 19.9. The fraction of sp³-hybridized carbons (Fsp3) is 0.458. The van der Waals surface area contributed by atoms with Crippen molar-refractivity contribution in [1.82, 2.24) is 24.2 Å². The van der Waals surface area contributed by atoms with Crippen LogP contribution in [0, 0.1) is 5.92 Å². The van der Waals surface area contributed by atoms with E-state index in [9.17, 15) is 13.2 Å². The molecule has 1 fully saturated rings. The van der Waals surface area contributed by atoms with Crippen molar-refractivity contribution in [2.75, 3.05) is 39.0 Å². The van der Waals surface area contributed by atoms with Crippen molar-refractivity contribution in [3.8, 4) is 11.1 Å². The number of rotatable bonds is 8. The van der Waals surface area contributed by atoms with Crippen molar-refractivity contribution in [2.24, 2.45) is 5.92 Å². The lowest BCUT2D eigenvalue weighted by atomic mass is 9.94. The molecule has 0 aliphatic carbocycles. The Kier molecular flexibility index (Phi) is 7.30. The minimum atomic E-state index is -3.62. The largest absolute Gasteiger partial charge is 0.354 e. The van der Waals surface area contributed by atoms with Crippen LogP contribution in [-0.4, -0.2) is 61.6 Å². The summed E-state index contributed by atoms with van der Waals surface area (Å²) in [5.74, 6) is 1.22. The molecule has 2 aromatic heterocycles. The summed E-state index contributed by atoms with van der Waals surface area (Å²) in [6.45, 7) is 5.41. The van der Waals surface area contributed by atoms with Crippen LogP contribution in [0.3, 0.4) is 0 Å². The highest BCUT2D eigenvalue weighted by molar-refractivity contribution is 7.89. The van der Waals surface area contributed by atoms with E-state index in [0.717, 1.165) is 31.4 Å². The number of fused-ring (bicyclic) bond motifs is 1. The summed E-state index contributed by atoms with van der Waals surface area (Å²) in [6.07, 6.45) is 5.21. The summed E-state index contributed by atoms with van der Waals surface area (Å²) in [7, 11) is -0.0958. The van der Waals surface area contributed by atoms with E-state index in [2.05, 4.69) is 32.0 Å². The van der Waals surface area contributed by atoms with Gasteiger partial charge in [0.05, 0.1) is 4.90 Å². The molecule has 34 heavy (non-hydrogen) atoms. The number of benzene rings is 1. The summed E-state index contributed by atoms with van der Waals surface area (Å²) >= 11 is 0. The van der Waals surface area contributed by atoms with E-state index in [4.69, 9.17) is 0 Å². The molecule has 9 nitrogen and oxygen atoms in total. The Bertz CT molecular complexity index is 1330. The van der Waals surface area contributed by atoms with Gasteiger partial charge in [-0.05, 0) is 83.1 Å². The Morgan fingerprint density at radius 3 is 2.65 bits per heavy atom. The minimum Gasteiger partial charge on any atom is -0.354 e. The number of likely N-dealkylation sites (tertiary alicyclic amines) is 1. The number of nitrogens with one attached hydrogen (secondary N) is 2. The van der Waals surface area contributed by atoms with Crippen LogP contribution in [0.2, 0.25) is 0 Å². The number of nitrogens with zero attached hydrogens (tertiary/aromatic N) is 4. The zero-order chi connectivity index (χ0) is 24.3. The third-order valence-electron chi connectivity index (χ3n) is 6.54. The summed E-state index contributed by atoms with van der Waals surface area (Å²) in [5, 5.41) is 4.04. The second-order valence-corrected chi connectivity index (χ2v) is 10.7. The van der Waals surface area contributed by atoms with Gasteiger partial charge in [0.15, 0.2) is 0 Å². The standard InChI is InChI=1S/C24H32N6O3S/c1-4-30-22-19(16-27-24(28-22)26-11-8-17-9-12-29(3)13-10-17)15-21(23(30)31)18-6-5-7-20(14-18)34(32,33)25-2/h5-7,14-17,25H,4,8-13H2,1-3H3,(H,26,27,28). The highest BCUT2D eigenvalue weighted by Crippen LogP contribution is 2.24. The van der Waals surface area contributed by atoms with Crippen LogP contribution in [-0.2, 0) is 16.6 Å². The van der Waals surface area contributed by atoms with E-state index in [1.165, 1.54) is 32.0 Å². The van der Waals surface area contributed by atoms with Crippen molar-refractivity contribution in [3.63, 3.8) is 0 Å². The van der Waals surface area contributed by atoms with Crippen LogP contribution in [0.5, 0.6) is 0 Å². The molecule has 1 saturated heterocycles. The summed E-state index contributed by atoms with van der Waals surface area (Å²) < 4.78 is 28.4. The van der Waals surface area contributed by atoms with Crippen molar-refractivity contribution < 1.29 is 8.42 Å². The summed E-state index contributed by atoms with van der Waals surface area (Å²) in [4.78, 5) is 24.9. The van der Waals surface area contributed by atoms with E-state index in [1.54, 1.807) is 29.0 Å². The number of aromatic nitrogens is 3. The Balaban J connectivity index is 1.61.